The molecule has 0 aliphatic carbocycles. The molecule has 1 atom stereocenters. The molecule has 8 nitrogen and oxygen atoms in total. The van der Waals surface area contributed by atoms with Crippen LogP contribution in [0.5, 0.6) is 0 Å². The first-order chi connectivity index (χ1) is 10.1. The third kappa shape index (κ3) is 7.36. The highest BCUT2D eigenvalue weighted by atomic mass is 16.4. The second-order valence-electron chi connectivity index (χ2n) is 4.73. The number of carbonyl (C=O) groups is 3. The number of carboxylic acid groups (broad SMARTS) is 3. The van der Waals surface area contributed by atoms with Crippen LogP contribution in [0, 0.1) is 0 Å². The van der Waals surface area contributed by atoms with E-state index in [1.165, 1.54) is 5.56 Å². The van der Waals surface area contributed by atoms with Crippen LogP contribution in [0.25, 0.3) is 0 Å². The van der Waals surface area contributed by atoms with Crippen molar-refractivity contribution in [3.05, 3.63) is 35.9 Å². The SMILES string of the molecule is CC([NH3+])c1ccccc1.O=C([O-])CC(O)(CC(=O)[O-])C(=O)[O-]. The Morgan fingerprint density at radius 2 is 1.50 bits per heavy atom. The summed E-state index contributed by atoms with van der Waals surface area (Å²) in [7, 11) is 0. The lowest BCUT2D eigenvalue weighted by molar-refractivity contribution is -0.420. The molecule has 0 amide bonds. The summed E-state index contributed by atoms with van der Waals surface area (Å²) >= 11 is 0. The third-order valence-electron chi connectivity index (χ3n) is 2.62. The van der Waals surface area contributed by atoms with Gasteiger partial charge in [-0.05, 0) is 6.92 Å². The fourth-order valence-corrected chi connectivity index (χ4v) is 1.47. The fraction of sp³-hybridized carbons (Fsp3) is 0.357. The van der Waals surface area contributed by atoms with E-state index in [0.717, 1.165) is 0 Å². The lowest BCUT2D eigenvalue weighted by atomic mass is 9.96. The number of aliphatic hydroxyl groups is 1. The molecule has 0 saturated heterocycles. The van der Waals surface area contributed by atoms with Crippen LogP contribution < -0.4 is 21.1 Å². The first-order valence-corrected chi connectivity index (χ1v) is 6.30. The Morgan fingerprint density at radius 3 is 1.73 bits per heavy atom. The van der Waals surface area contributed by atoms with Gasteiger partial charge in [-0.25, -0.2) is 0 Å². The molecule has 122 valence electrons. The normalized spacial score (nSPS) is 11.8. The van der Waals surface area contributed by atoms with Gasteiger partial charge in [0.2, 0.25) is 0 Å². The Morgan fingerprint density at radius 1 is 1.09 bits per heavy atom. The van der Waals surface area contributed by atoms with Gasteiger partial charge in [-0.15, -0.1) is 0 Å². The molecule has 0 bridgehead atoms. The van der Waals surface area contributed by atoms with Gasteiger partial charge in [-0.1, -0.05) is 30.3 Å². The molecular formula is C14H17NO7-2. The first-order valence-electron chi connectivity index (χ1n) is 6.30. The van der Waals surface area contributed by atoms with Crippen molar-refractivity contribution in [2.24, 2.45) is 0 Å². The molecule has 1 unspecified atom stereocenters. The molecule has 0 aliphatic rings. The maximum Gasteiger partial charge on any atom is 0.114 e. The van der Waals surface area contributed by atoms with E-state index < -0.39 is 36.4 Å². The van der Waals surface area contributed by atoms with Crippen molar-refractivity contribution in [2.75, 3.05) is 0 Å². The van der Waals surface area contributed by atoms with Crippen molar-refractivity contribution in [3.63, 3.8) is 0 Å². The van der Waals surface area contributed by atoms with Gasteiger partial charge in [0.25, 0.3) is 0 Å². The van der Waals surface area contributed by atoms with Crippen LogP contribution >= 0.6 is 0 Å². The zero-order valence-electron chi connectivity index (χ0n) is 12.0. The maximum atomic E-state index is 10.1. The summed E-state index contributed by atoms with van der Waals surface area (Å²) in [4.78, 5) is 30.0. The lowest BCUT2D eigenvalue weighted by Gasteiger charge is -2.29. The molecule has 0 aliphatic heterocycles. The molecule has 1 rings (SSSR count). The van der Waals surface area contributed by atoms with Gasteiger partial charge < -0.3 is 40.5 Å². The topological polar surface area (TPSA) is 168 Å². The zero-order valence-corrected chi connectivity index (χ0v) is 12.0. The average molecular weight is 311 g/mol. The maximum absolute atomic E-state index is 10.1. The highest BCUT2D eigenvalue weighted by molar-refractivity contribution is 5.86. The predicted octanol–water partition coefficient (Wildman–Crippen LogP) is -4.26. The Bertz CT molecular complexity index is 497. The lowest BCUT2D eigenvalue weighted by Crippen LogP contribution is -2.54. The second kappa shape index (κ2) is 8.75. The third-order valence-corrected chi connectivity index (χ3v) is 2.62. The van der Waals surface area contributed by atoms with Crippen molar-refractivity contribution in [2.45, 2.75) is 31.4 Å². The minimum Gasteiger partial charge on any atom is -0.550 e. The standard InChI is InChI=1S/C8H11N.C6H8O7/c1-7(9)8-5-3-2-4-6-8;7-3(8)1-6(13,5(11)12)2-4(9)10/h2-7H,9H2,1H3;13H,1-2H2,(H,7,8)(H,9,10)(H,11,12)/p-2. The highest BCUT2D eigenvalue weighted by Crippen LogP contribution is 2.13. The molecule has 22 heavy (non-hydrogen) atoms. The molecule has 4 N–H and O–H groups in total. The van der Waals surface area contributed by atoms with Crippen molar-refractivity contribution < 1.29 is 40.5 Å². The summed E-state index contributed by atoms with van der Waals surface area (Å²) < 4.78 is 0. The number of hydrogen-bond acceptors (Lipinski definition) is 7. The van der Waals surface area contributed by atoms with Crippen LogP contribution in [0.2, 0.25) is 0 Å². The monoisotopic (exact) mass is 311 g/mol. The van der Waals surface area contributed by atoms with Crippen molar-refractivity contribution in [1.82, 2.24) is 0 Å². The van der Waals surface area contributed by atoms with E-state index in [1.807, 2.05) is 18.2 Å². The molecule has 0 spiro atoms. The van der Waals surface area contributed by atoms with E-state index in [1.54, 1.807) is 0 Å². The number of carboxylic acids is 3. The summed E-state index contributed by atoms with van der Waals surface area (Å²) in [6, 6.07) is 10.7. The number of rotatable bonds is 6. The summed E-state index contributed by atoms with van der Waals surface area (Å²) in [6.45, 7) is 2.09. The summed E-state index contributed by atoms with van der Waals surface area (Å²) in [6.07, 6.45) is -2.72. The van der Waals surface area contributed by atoms with E-state index >= 15 is 0 Å². The van der Waals surface area contributed by atoms with Crippen molar-refractivity contribution >= 4 is 17.9 Å². The molecule has 0 heterocycles. The van der Waals surface area contributed by atoms with Gasteiger partial charge in [0.1, 0.15) is 11.6 Å². The molecule has 0 fully saturated rings. The smallest absolute Gasteiger partial charge is 0.114 e. The van der Waals surface area contributed by atoms with E-state index in [4.69, 9.17) is 5.11 Å². The van der Waals surface area contributed by atoms with E-state index in [9.17, 15) is 29.7 Å². The summed E-state index contributed by atoms with van der Waals surface area (Å²) in [5, 5.41) is 38.9. The van der Waals surface area contributed by atoms with Gasteiger partial charge in [-0.2, -0.15) is 0 Å². The quantitative estimate of drug-likeness (QED) is 0.536. The van der Waals surface area contributed by atoms with E-state index in [0.29, 0.717) is 6.04 Å². The van der Waals surface area contributed by atoms with Gasteiger partial charge >= 0.3 is 0 Å². The molecule has 0 radical (unpaired) electrons. The highest BCUT2D eigenvalue weighted by Gasteiger charge is 2.29. The van der Waals surface area contributed by atoms with Gasteiger partial charge in [-0.3, -0.25) is 0 Å². The van der Waals surface area contributed by atoms with Gasteiger partial charge in [0.05, 0.1) is 5.97 Å². The minimum atomic E-state index is -2.97. The number of aliphatic carboxylic acids is 3. The van der Waals surface area contributed by atoms with Crippen molar-refractivity contribution in [3.8, 4) is 0 Å². The van der Waals surface area contributed by atoms with Crippen LogP contribution in [-0.4, -0.2) is 28.6 Å². The molecular weight excluding hydrogens is 294 g/mol. The number of hydrogen-bond donors (Lipinski definition) is 2. The van der Waals surface area contributed by atoms with Crippen molar-refractivity contribution in [1.29, 1.82) is 0 Å². The van der Waals surface area contributed by atoms with Crippen LogP contribution in [0.3, 0.4) is 0 Å². The van der Waals surface area contributed by atoms with Crippen LogP contribution in [0.4, 0.5) is 0 Å². The summed E-state index contributed by atoms with van der Waals surface area (Å²) in [5.41, 5.74) is 2.24. The van der Waals surface area contributed by atoms with Crippen LogP contribution in [-0.2, 0) is 14.4 Å². The Labute approximate surface area is 126 Å². The van der Waals surface area contributed by atoms with E-state index in [-0.39, 0.29) is 0 Å². The average Bonchev–Trinajstić information content (AvgIpc) is 2.38. The Hall–Kier alpha value is -2.45. The van der Waals surface area contributed by atoms with Gasteiger partial charge in [0, 0.05) is 30.3 Å². The first kappa shape index (κ1) is 19.6. The molecule has 0 saturated carbocycles. The molecule has 1 aromatic carbocycles. The number of quaternary nitrogens is 1. The number of benzene rings is 1. The van der Waals surface area contributed by atoms with E-state index in [2.05, 4.69) is 24.8 Å². The summed E-state index contributed by atoms with van der Waals surface area (Å²) in [5.74, 6) is -5.98. The Balaban J connectivity index is 0.000000425. The molecule has 8 heteroatoms. The number of carbonyl (C=O) groups excluding carboxylic acids is 3. The van der Waals surface area contributed by atoms with Gasteiger partial charge in [0.15, 0.2) is 0 Å². The predicted molar refractivity (Wildman–Crippen MR) is 66.9 cm³/mol. The molecule has 1 aromatic rings. The fourth-order valence-electron chi connectivity index (χ4n) is 1.47. The second-order valence-corrected chi connectivity index (χ2v) is 4.73. The minimum absolute atomic E-state index is 0.409. The van der Waals surface area contributed by atoms with Crippen LogP contribution in [0.1, 0.15) is 31.4 Å². The van der Waals surface area contributed by atoms with Crippen LogP contribution in [0.15, 0.2) is 30.3 Å². The zero-order chi connectivity index (χ0) is 17.3. The molecule has 0 aromatic heterocycles. The largest absolute Gasteiger partial charge is 0.550 e. The Kier molecular flexibility index (Phi) is 7.78.